The first kappa shape index (κ1) is 27.0. The third-order valence-electron chi connectivity index (χ3n) is 3.75. The van der Waals surface area contributed by atoms with Gasteiger partial charge in [-0.25, -0.2) is 24.0 Å². The van der Waals surface area contributed by atoms with Crippen molar-refractivity contribution in [2.24, 2.45) is 5.41 Å². The average Bonchev–Trinajstić information content (AvgIpc) is 2.79. The molecular formula is C18H20O13. The molecule has 0 aliphatic heterocycles. The average molecular weight is 444 g/mol. The highest BCUT2D eigenvalue weighted by Gasteiger charge is 2.61. The molecule has 31 heavy (non-hydrogen) atoms. The Morgan fingerprint density at radius 2 is 0.871 bits per heavy atom. The molecule has 0 aromatic heterocycles. The maximum atomic E-state index is 13.1. The van der Waals surface area contributed by atoms with Gasteiger partial charge in [-0.05, 0) is 0 Å². The lowest BCUT2D eigenvalue weighted by Gasteiger charge is -2.30. The summed E-state index contributed by atoms with van der Waals surface area (Å²) in [5, 5.41) is 0. The monoisotopic (exact) mass is 444 g/mol. The van der Waals surface area contributed by atoms with Gasteiger partial charge < -0.3 is 28.4 Å². The Morgan fingerprint density at radius 3 is 1.13 bits per heavy atom. The summed E-state index contributed by atoms with van der Waals surface area (Å²) in [7, 11) is 4.88. The van der Waals surface area contributed by atoms with Gasteiger partial charge in [-0.3, -0.25) is 9.59 Å². The van der Waals surface area contributed by atoms with Gasteiger partial charge >= 0.3 is 35.8 Å². The molecule has 13 nitrogen and oxygen atoms in total. The molecule has 0 aromatic carbocycles. The molecule has 0 unspecified atom stereocenters. The molecule has 0 spiro atoms. The van der Waals surface area contributed by atoms with E-state index in [1.807, 2.05) is 0 Å². The van der Waals surface area contributed by atoms with Gasteiger partial charge in [-0.1, -0.05) is 0 Å². The number of methoxy groups -OCH3 is 6. The van der Waals surface area contributed by atoms with Gasteiger partial charge in [-0.2, -0.15) is 0 Å². The molecule has 0 aliphatic carbocycles. The van der Waals surface area contributed by atoms with Crippen molar-refractivity contribution in [2.45, 2.75) is 0 Å². The van der Waals surface area contributed by atoms with Crippen LogP contribution in [0.1, 0.15) is 0 Å². The molecular weight excluding hydrogens is 424 g/mol. The van der Waals surface area contributed by atoms with E-state index in [1.165, 1.54) is 0 Å². The van der Waals surface area contributed by atoms with Crippen LogP contribution in [0.4, 0.5) is 0 Å². The first-order valence-electron chi connectivity index (χ1n) is 8.01. The summed E-state index contributed by atoms with van der Waals surface area (Å²) in [6.45, 7) is 0. The number of ketones is 1. The van der Waals surface area contributed by atoms with Gasteiger partial charge in [0.05, 0.1) is 53.8 Å². The highest BCUT2D eigenvalue weighted by atomic mass is 16.5. The van der Waals surface area contributed by atoms with E-state index in [1.54, 1.807) is 0 Å². The molecule has 0 radical (unpaired) electrons. The summed E-state index contributed by atoms with van der Waals surface area (Å²) >= 11 is 0. The van der Waals surface area contributed by atoms with Gasteiger partial charge in [0.1, 0.15) is 0 Å². The molecule has 0 N–H and O–H groups in total. The number of hydrogen-bond donors (Lipinski definition) is 0. The predicted molar refractivity (Wildman–Crippen MR) is 95.7 cm³/mol. The minimum atomic E-state index is -3.37. The SMILES string of the molecule is COC(=O)C=C(C(=O)OC)C(C(=O)OC)(C(=O)C(=O)OC)C(=CC(=O)OC)C(=O)OC. The Balaban J connectivity index is 7.91. The van der Waals surface area contributed by atoms with Gasteiger partial charge in [0, 0.05) is 12.2 Å². The molecule has 0 heterocycles. The van der Waals surface area contributed by atoms with E-state index in [-0.39, 0.29) is 0 Å². The van der Waals surface area contributed by atoms with Crippen molar-refractivity contribution in [1.82, 2.24) is 0 Å². The van der Waals surface area contributed by atoms with E-state index >= 15 is 0 Å². The Kier molecular flexibility index (Phi) is 10.3. The first-order valence-corrected chi connectivity index (χ1v) is 8.01. The molecule has 0 aliphatic rings. The molecule has 0 fully saturated rings. The van der Waals surface area contributed by atoms with Crippen LogP contribution in [0, 0.1) is 5.41 Å². The van der Waals surface area contributed by atoms with Crippen LogP contribution in [-0.2, 0) is 62.0 Å². The standard InChI is InChI=1S/C18H20O13/c1-26-11(19)7-9(14(22)28-3)18(17(25)31-6,13(21)16(24)30-5)10(15(23)29-4)8-12(20)27-2/h7-8H,1-6H3. The summed E-state index contributed by atoms with van der Waals surface area (Å²) < 4.78 is 26.6. The van der Waals surface area contributed by atoms with Crippen LogP contribution < -0.4 is 0 Å². The number of Topliss-reactive ketones (excluding diaryl/α,β-unsaturated/α-hetero) is 1. The minimum absolute atomic E-state index is 0.303. The Morgan fingerprint density at radius 1 is 0.516 bits per heavy atom. The zero-order valence-electron chi connectivity index (χ0n) is 17.5. The fourth-order valence-electron chi connectivity index (χ4n) is 2.32. The lowest BCUT2D eigenvalue weighted by molar-refractivity contribution is -0.165. The fourth-order valence-corrected chi connectivity index (χ4v) is 2.32. The summed E-state index contributed by atoms with van der Waals surface area (Å²) in [5.41, 5.74) is -5.78. The zero-order chi connectivity index (χ0) is 24.4. The smallest absolute Gasteiger partial charge is 0.376 e. The van der Waals surface area contributed by atoms with Crippen LogP contribution in [0.25, 0.3) is 0 Å². The zero-order valence-corrected chi connectivity index (χ0v) is 17.5. The number of carbonyl (C=O) groups is 7. The van der Waals surface area contributed by atoms with E-state index in [9.17, 15) is 33.6 Å². The van der Waals surface area contributed by atoms with Crippen molar-refractivity contribution in [3.05, 3.63) is 23.3 Å². The molecule has 170 valence electrons. The van der Waals surface area contributed by atoms with Crippen LogP contribution in [-0.4, -0.2) is 84.3 Å². The summed E-state index contributed by atoms with van der Waals surface area (Å²) in [6, 6.07) is 0. The number of ether oxygens (including phenoxy) is 6. The van der Waals surface area contributed by atoms with Crippen molar-refractivity contribution in [3.63, 3.8) is 0 Å². The van der Waals surface area contributed by atoms with E-state index < -0.39 is 58.2 Å². The highest BCUT2D eigenvalue weighted by molar-refractivity contribution is 6.45. The molecule has 13 heteroatoms. The fraction of sp³-hybridized carbons (Fsp3) is 0.389. The summed E-state index contributed by atoms with van der Waals surface area (Å²) in [6.07, 6.45) is 0.606. The number of rotatable bonds is 9. The second kappa shape index (κ2) is 11.8. The number of hydrogen-bond acceptors (Lipinski definition) is 13. The van der Waals surface area contributed by atoms with Crippen LogP contribution in [0.5, 0.6) is 0 Å². The second-order valence-corrected chi connectivity index (χ2v) is 5.21. The maximum Gasteiger partial charge on any atom is 0.376 e. The molecule has 0 bridgehead atoms. The predicted octanol–water partition coefficient (Wildman–Crippen LogP) is -1.57. The summed E-state index contributed by atoms with van der Waals surface area (Å²) in [4.78, 5) is 86.9. The third-order valence-corrected chi connectivity index (χ3v) is 3.75. The van der Waals surface area contributed by atoms with E-state index in [0.29, 0.717) is 12.2 Å². The molecule has 0 atom stereocenters. The maximum absolute atomic E-state index is 13.1. The second-order valence-electron chi connectivity index (χ2n) is 5.21. The highest BCUT2D eigenvalue weighted by Crippen LogP contribution is 2.40. The van der Waals surface area contributed by atoms with Gasteiger partial charge in [0.25, 0.3) is 5.78 Å². The summed E-state index contributed by atoms with van der Waals surface area (Å²) in [5.74, 6) is -11.0. The quantitative estimate of drug-likeness (QED) is 0.131. The first-order chi connectivity index (χ1) is 14.5. The van der Waals surface area contributed by atoms with Gasteiger partial charge in [0.15, 0.2) is 0 Å². The number of esters is 6. The molecule has 0 rings (SSSR count). The number of carbonyl (C=O) groups excluding carboxylic acids is 7. The minimum Gasteiger partial charge on any atom is -0.468 e. The molecule has 0 aromatic rings. The van der Waals surface area contributed by atoms with Crippen molar-refractivity contribution < 1.29 is 62.0 Å². The topological polar surface area (TPSA) is 175 Å². The van der Waals surface area contributed by atoms with Crippen LogP contribution in [0.3, 0.4) is 0 Å². The van der Waals surface area contributed by atoms with Crippen molar-refractivity contribution in [2.75, 3.05) is 42.7 Å². The van der Waals surface area contributed by atoms with E-state index in [4.69, 9.17) is 0 Å². The van der Waals surface area contributed by atoms with Crippen molar-refractivity contribution in [1.29, 1.82) is 0 Å². The molecule has 0 saturated heterocycles. The lowest BCUT2D eigenvalue weighted by atomic mass is 9.69. The van der Waals surface area contributed by atoms with Crippen molar-refractivity contribution >= 4 is 41.6 Å². The lowest BCUT2D eigenvalue weighted by Crippen LogP contribution is -2.51. The Labute approximate surface area is 175 Å². The largest absolute Gasteiger partial charge is 0.468 e. The van der Waals surface area contributed by atoms with Crippen LogP contribution in [0.15, 0.2) is 23.3 Å². The normalized spacial score (nSPS) is 13.1. The van der Waals surface area contributed by atoms with Crippen LogP contribution >= 0.6 is 0 Å². The Bertz CT molecular complexity index is 801. The van der Waals surface area contributed by atoms with E-state index in [2.05, 4.69) is 28.4 Å². The van der Waals surface area contributed by atoms with E-state index in [0.717, 1.165) is 42.7 Å². The molecule has 0 saturated carbocycles. The van der Waals surface area contributed by atoms with Gasteiger partial charge in [0.2, 0.25) is 5.41 Å². The molecule has 0 amide bonds. The van der Waals surface area contributed by atoms with Crippen LogP contribution in [0.2, 0.25) is 0 Å². The third kappa shape index (κ3) is 5.52. The Hall–Kier alpha value is -4.03. The van der Waals surface area contributed by atoms with Crippen molar-refractivity contribution in [3.8, 4) is 0 Å². The van der Waals surface area contributed by atoms with Gasteiger partial charge in [-0.15, -0.1) is 0 Å².